The van der Waals surface area contributed by atoms with Gasteiger partial charge in [0.2, 0.25) is 0 Å². The molecule has 1 unspecified atom stereocenters. The maximum Gasteiger partial charge on any atom is 0.323 e. The van der Waals surface area contributed by atoms with Gasteiger partial charge in [-0.15, -0.1) is 0 Å². The van der Waals surface area contributed by atoms with Crippen molar-refractivity contribution in [1.82, 2.24) is 4.90 Å². The Labute approximate surface area is 214 Å². The summed E-state index contributed by atoms with van der Waals surface area (Å²) in [6.07, 6.45) is 1.23. The van der Waals surface area contributed by atoms with Crippen LogP contribution in [-0.2, 0) is 24.1 Å². The van der Waals surface area contributed by atoms with Crippen molar-refractivity contribution in [3.05, 3.63) is 93.8 Å². The van der Waals surface area contributed by atoms with Gasteiger partial charge in [0.25, 0.3) is 5.91 Å². The molecular weight excluding hydrogens is 485 g/mol. The number of hydrogen-bond acceptors (Lipinski definition) is 4. The fraction of sp³-hybridized carbons (Fsp3) is 0.286. The van der Waals surface area contributed by atoms with Crippen molar-refractivity contribution >= 4 is 23.5 Å². The van der Waals surface area contributed by atoms with E-state index in [9.17, 15) is 19.1 Å². The van der Waals surface area contributed by atoms with Gasteiger partial charge in [0, 0.05) is 35.5 Å². The Hall–Kier alpha value is -3.58. The van der Waals surface area contributed by atoms with Crippen molar-refractivity contribution in [2.24, 2.45) is 0 Å². The van der Waals surface area contributed by atoms with Gasteiger partial charge in [-0.05, 0) is 54.8 Å². The minimum Gasteiger partial charge on any atom is -0.493 e. The third-order valence-electron chi connectivity index (χ3n) is 6.21. The molecule has 1 N–H and O–H groups in total. The number of hydrogen-bond donors (Lipinski definition) is 1. The first-order chi connectivity index (χ1) is 17.2. The summed E-state index contributed by atoms with van der Waals surface area (Å²) in [5.41, 5.74) is 1.76. The van der Waals surface area contributed by atoms with Crippen LogP contribution in [0.1, 0.15) is 34.0 Å². The van der Waals surface area contributed by atoms with Gasteiger partial charge in [-0.3, -0.25) is 9.59 Å². The zero-order chi connectivity index (χ0) is 25.9. The van der Waals surface area contributed by atoms with Gasteiger partial charge in [-0.2, -0.15) is 0 Å². The van der Waals surface area contributed by atoms with E-state index in [4.69, 9.17) is 21.1 Å². The molecule has 0 aliphatic carbocycles. The van der Waals surface area contributed by atoms with Crippen LogP contribution in [0, 0.1) is 5.82 Å². The molecule has 3 aromatic rings. The van der Waals surface area contributed by atoms with Crippen molar-refractivity contribution in [2.45, 2.75) is 31.8 Å². The summed E-state index contributed by atoms with van der Waals surface area (Å²) < 4.78 is 26.0. The van der Waals surface area contributed by atoms with Gasteiger partial charge in [0.1, 0.15) is 18.0 Å². The minimum atomic E-state index is -1.11. The molecule has 8 heteroatoms. The molecule has 0 spiro atoms. The number of carbonyl (C=O) groups excluding carboxylic acids is 1. The van der Waals surface area contributed by atoms with Crippen molar-refractivity contribution in [3.63, 3.8) is 0 Å². The third kappa shape index (κ3) is 5.79. The number of benzene rings is 3. The second-order valence-electron chi connectivity index (χ2n) is 9.16. The number of aliphatic carboxylic acids is 1. The average molecular weight is 512 g/mol. The number of carboxylic acids is 1. The number of nitrogens with zero attached hydrogens (tertiary/aromatic N) is 1. The van der Waals surface area contributed by atoms with Crippen LogP contribution in [-0.4, -0.2) is 47.7 Å². The van der Waals surface area contributed by atoms with Crippen LogP contribution in [0.2, 0.25) is 5.02 Å². The van der Waals surface area contributed by atoms with E-state index in [-0.39, 0.29) is 12.4 Å². The largest absolute Gasteiger partial charge is 0.493 e. The van der Waals surface area contributed by atoms with Crippen LogP contribution < -0.4 is 9.47 Å². The molecule has 36 heavy (non-hydrogen) atoms. The Balaban J connectivity index is 1.57. The predicted octanol–water partition coefficient (Wildman–Crippen LogP) is 5.19. The Morgan fingerprint density at radius 2 is 1.94 bits per heavy atom. The monoisotopic (exact) mass is 511 g/mol. The second kappa shape index (κ2) is 10.6. The molecule has 1 aliphatic rings. The molecule has 3 aromatic carbocycles. The molecule has 1 atom stereocenters. The van der Waals surface area contributed by atoms with Gasteiger partial charge >= 0.3 is 5.97 Å². The summed E-state index contributed by atoms with van der Waals surface area (Å²) in [6, 6.07) is 17.1. The Kier molecular flexibility index (Phi) is 7.50. The van der Waals surface area contributed by atoms with E-state index < -0.39 is 24.0 Å². The first kappa shape index (κ1) is 25.5. The van der Waals surface area contributed by atoms with Crippen molar-refractivity contribution < 1.29 is 28.6 Å². The lowest BCUT2D eigenvalue weighted by Crippen LogP contribution is -2.37. The molecule has 6 nitrogen and oxygen atoms in total. The van der Waals surface area contributed by atoms with Crippen LogP contribution in [0.25, 0.3) is 0 Å². The summed E-state index contributed by atoms with van der Waals surface area (Å²) in [7, 11) is 1.48. The highest BCUT2D eigenvalue weighted by Gasteiger charge is 2.38. The fourth-order valence-corrected chi connectivity index (χ4v) is 4.78. The quantitative estimate of drug-likeness (QED) is 0.427. The molecule has 0 radical (unpaired) electrons. The number of halogens is 2. The molecule has 0 aromatic heterocycles. The first-order valence-electron chi connectivity index (χ1n) is 11.6. The maximum atomic E-state index is 14.3. The van der Waals surface area contributed by atoms with Gasteiger partial charge in [-0.1, -0.05) is 41.9 Å². The van der Waals surface area contributed by atoms with E-state index in [1.54, 1.807) is 42.5 Å². The number of amides is 1. The summed E-state index contributed by atoms with van der Waals surface area (Å²) in [4.78, 5) is 26.2. The lowest BCUT2D eigenvalue weighted by Gasteiger charge is -2.24. The van der Waals surface area contributed by atoms with E-state index in [1.165, 1.54) is 18.1 Å². The van der Waals surface area contributed by atoms with E-state index in [1.807, 2.05) is 19.1 Å². The highest BCUT2D eigenvalue weighted by Crippen LogP contribution is 2.44. The summed E-state index contributed by atoms with van der Waals surface area (Å²) in [5, 5.41) is 9.99. The van der Waals surface area contributed by atoms with E-state index in [0.717, 1.165) is 11.1 Å². The number of ether oxygens (including phenoxy) is 2. The smallest absolute Gasteiger partial charge is 0.323 e. The molecule has 1 aliphatic heterocycles. The van der Waals surface area contributed by atoms with Gasteiger partial charge in [-0.25, -0.2) is 4.39 Å². The number of carbonyl (C=O) groups is 2. The molecule has 0 fully saturated rings. The minimum absolute atomic E-state index is 0.201. The molecule has 0 bridgehead atoms. The molecular formula is C28H27ClFNO5. The number of methoxy groups -OCH3 is 1. The van der Waals surface area contributed by atoms with Crippen LogP contribution in [0.5, 0.6) is 11.5 Å². The van der Waals surface area contributed by atoms with Crippen LogP contribution in [0.15, 0.2) is 60.7 Å². The van der Waals surface area contributed by atoms with Crippen LogP contribution in [0.4, 0.5) is 4.39 Å². The lowest BCUT2D eigenvalue weighted by molar-refractivity contribution is -0.137. The van der Waals surface area contributed by atoms with Crippen LogP contribution in [0.3, 0.4) is 0 Å². The zero-order valence-electron chi connectivity index (χ0n) is 20.1. The Bertz CT molecular complexity index is 1300. The van der Waals surface area contributed by atoms with Gasteiger partial charge in [0.05, 0.1) is 7.11 Å². The van der Waals surface area contributed by atoms with Crippen molar-refractivity contribution in [2.75, 3.05) is 20.2 Å². The van der Waals surface area contributed by atoms with Crippen molar-refractivity contribution in [3.8, 4) is 11.5 Å². The molecule has 1 amide bonds. The molecule has 4 rings (SSSR count). The maximum absolute atomic E-state index is 14.3. The fourth-order valence-electron chi connectivity index (χ4n) is 4.57. The first-order valence-corrected chi connectivity index (χ1v) is 11.9. The summed E-state index contributed by atoms with van der Waals surface area (Å²) in [5.74, 6) is -0.952. The van der Waals surface area contributed by atoms with E-state index in [2.05, 4.69) is 0 Å². The van der Waals surface area contributed by atoms with Crippen LogP contribution >= 0.6 is 11.6 Å². The van der Waals surface area contributed by atoms with Gasteiger partial charge in [0.15, 0.2) is 11.5 Å². The summed E-state index contributed by atoms with van der Waals surface area (Å²) >= 11 is 6.05. The average Bonchev–Trinajstić information content (AvgIpc) is 3.17. The SMILES string of the molecule is COc1cc(C(=O)N(CCc2cccc(Cl)c2)CC(=O)O)cc2c1OC(C)(Cc1ccccc1F)C2. The Morgan fingerprint density at radius 1 is 1.17 bits per heavy atom. The number of carboxylic acid groups (broad SMARTS) is 1. The standard InChI is InChI=1S/C28H27ClFNO5/c1-28(15-19-7-3-4-9-23(19)30)16-21-13-20(14-24(35-2)26(21)36-28)27(34)31(17-25(32)33)11-10-18-6-5-8-22(29)12-18/h3-9,12-14H,10-11,15-17H2,1-2H3,(H,32,33). The lowest BCUT2D eigenvalue weighted by atomic mass is 9.91. The number of rotatable bonds is 9. The normalized spacial score (nSPS) is 16.2. The van der Waals surface area contributed by atoms with Gasteiger partial charge < -0.3 is 19.5 Å². The Morgan fingerprint density at radius 3 is 2.64 bits per heavy atom. The predicted molar refractivity (Wildman–Crippen MR) is 135 cm³/mol. The highest BCUT2D eigenvalue weighted by molar-refractivity contribution is 6.30. The third-order valence-corrected chi connectivity index (χ3v) is 6.44. The molecule has 0 saturated carbocycles. The van der Waals surface area contributed by atoms with E-state index >= 15 is 0 Å². The van der Waals surface area contributed by atoms with Crippen molar-refractivity contribution in [1.29, 1.82) is 0 Å². The second-order valence-corrected chi connectivity index (χ2v) is 9.60. The number of fused-ring (bicyclic) bond motifs is 1. The molecule has 1 heterocycles. The zero-order valence-corrected chi connectivity index (χ0v) is 20.8. The van der Waals surface area contributed by atoms with E-state index in [0.29, 0.717) is 46.9 Å². The topological polar surface area (TPSA) is 76.1 Å². The summed E-state index contributed by atoms with van der Waals surface area (Å²) in [6.45, 7) is 1.65. The molecule has 0 saturated heterocycles. The highest BCUT2D eigenvalue weighted by atomic mass is 35.5. The molecule has 188 valence electrons.